The number of aromatic amines is 1. The third kappa shape index (κ3) is 3.12. The van der Waals surface area contributed by atoms with Crippen molar-refractivity contribution in [3.8, 4) is 0 Å². The van der Waals surface area contributed by atoms with Gasteiger partial charge in [-0.1, -0.05) is 25.6 Å². The maximum absolute atomic E-state index is 11.4. The molecule has 1 rings (SSSR count). The molecule has 7 heteroatoms. The Kier molecular flexibility index (Phi) is 3.96. The molecule has 0 saturated carbocycles. The van der Waals surface area contributed by atoms with E-state index in [1.54, 1.807) is 0 Å². The molecule has 0 aromatic carbocycles. The zero-order chi connectivity index (χ0) is 11.4. The van der Waals surface area contributed by atoms with Crippen LogP contribution in [0, 0.1) is 5.92 Å². The van der Waals surface area contributed by atoms with Crippen LogP contribution in [0.3, 0.4) is 0 Å². The van der Waals surface area contributed by atoms with E-state index in [1.165, 1.54) is 18.9 Å². The number of thioether (sulfide) groups is 1. The Morgan fingerprint density at radius 2 is 2.27 bits per heavy atom. The Balaban J connectivity index is 2.71. The summed E-state index contributed by atoms with van der Waals surface area (Å²) in [6.07, 6.45) is 0. The second-order valence-electron chi connectivity index (χ2n) is 3.31. The second-order valence-corrected chi connectivity index (χ2v) is 4.42. The van der Waals surface area contributed by atoms with Crippen LogP contribution in [-0.4, -0.2) is 33.5 Å². The van der Waals surface area contributed by atoms with Crippen LogP contribution < -0.4 is 5.73 Å². The summed E-state index contributed by atoms with van der Waals surface area (Å²) < 4.78 is 4.70. The van der Waals surface area contributed by atoms with E-state index >= 15 is 0 Å². The van der Waals surface area contributed by atoms with Gasteiger partial charge in [-0.05, 0) is 5.92 Å². The molecule has 1 atom stereocenters. The fourth-order valence-corrected chi connectivity index (χ4v) is 1.94. The van der Waals surface area contributed by atoms with E-state index in [1.807, 2.05) is 13.8 Å². The summed E-state index contributed by atoms with van der Waals surface area (Å²) in [7, 11) is 1.37. The second kappa shape index (κ2) is 5.01. The van der Waals surface area contributed by atoms with Crippen molar-refractivity contribution in [3.63, 3.8) is 0 Å². The molecular formula is C8H14N4O2S. The maximum Gasteiger partial charge on any atom is 0.319 e. The molecule has 15 heavy (non-hydrogen) atoms. The van der Waals surface area contributed by atoms with E-state index in [-0.39, 0.29) is 23.1 Å². The van der Waals surface area contributed by atoms with Gasteiger partial charge < -0.3 is 10.5 Å². The number of hydrogen-bond acceptors (Lipinski definition) is 6. The van der Waals surface area contributed by atoms with Gasteiger partial charge in [-0.15, -0.1) is 5.10 Å². The zero-order valence-electron chi connectivity index (χ0n) is 8.85. The number of ether oxygens (including phenoxy) is 1. The SMILES string of the molecule is COC(=O)C(Sc1n[nH]c(N)n1)C(C)C. The Morgan fingerprint density at radius 1 is 1.60 bits per heavy atom. The Morgan fingerprint density at radius 3 is 2.67 bits per heavy atom. The molecule has 0 radical (unpaired) electrons. The normalized spacial score (nSPS) is 12.8. The number of hydrogen-bond donors (Lipinski definition) is 2. The molecule has 1 aromatic heterocycles. The highest BCUT2D eigenvalue weighted by molar-refractivity contribution is 8.00. The van der Waals surface area contributed by atoms with Gasteiger partial charge in [0.1, 0.15) is 5.25 Å². The van der Waals surface area contributed by atoms with Gasteiger partial charge in [0.15, 0.2) is 0 Å². The summed E-state index contributed by atoms with van der Waals surface area (Å²) in [6, 6.07) is 0. The topological polar surface area (TPSA) is 93.9 Å². The molecule has 0 aliphatic carbocycles. The average molecular weight is 230 g/mol. The number of methoxy groups -OCH3 is 1. The number of nitrogen functional groups attached to an aromatic ring is 1. The van der Waals surface area contributed by atoms with Gasteiger partial charge in [0.05, 0.1) is 7.11 Å². The van der Waals surface area contributed by atoms with Crippen LogP contribution in [0.1, 0.15) is 13.8 Å². The molecule has 0 bridgehead atoms. The minimum absolute atomic E-state index is 0.141. The lowest BCUT2D eigenvalue weighted by Crippen LogP contribution is -2.24. The molecule has 6 nitrogen and oxygen atoms in total. The number of rotatable bonds is 4. The fraction of sp³-hybridized carbons (Fsp3) is 0.625. The summed E-state index contributed by atoms with van der Waals surface area (Å²) in [5, 5.41) is 6.50. The third-order valence-electron chi connectivity index (χ3n) is 1.75. The van der Waals surface area contributed by atoms with Crippen LogP contribution in [0.5, 0.6) is 0 Å². The fourth-order valence-electron chi connectivity index (χ4n) is 0.997. The molecule has 1 aromatic rings. The van der Waals surface area contributed by atoms with Crippen LogP contribution in [-0.2, 0) is 9.53 Å². The number of H-pyrrole nitrogens is 1. The number of carbonyl (C=O) groups excluding carboxylic acids is 1. The van der Waals surface area contributed by atoms with E-state index < -0.39 is 0 Å². The first-order valence-electron chi connectivity index (χ1n) is 4.47. The van der Waals surface area contributed by atoms with Crippen molar-refractivity contribution >= 4 is 23.7 Å². The molecule has 0 aliphatic heterocycles. The lowest BCUT2D eigenvalue weighted by molar-refractivity contribution is -0.140. The molecule has 0 fully saturated rings. The minimum atomic E-state index is -0.315. The number of esters is 1. The predicted octanol–water partition coefficient (Wildman–Crippen LogP) is 0.677. The smallest absolute Gasteiger partial charge is 0.319 e. The summed E-state index contributed by atoms with van der Waals surface area (Å²) >= 11 is 1.24. The van der Waals surface area contributed by atoms with Crippen molar-refractivity contribution in [2.24, 2.45) is 5.92 Å². The van der Waals surface area contributed by atoms with Crippen molar-refractivity contribution in [3.05, 3.63) is 0 Å². The number of nitrogens with one attached hydrogen (secondary N) is 1. The maximum atomic E-state index is 11.4. The van der Waals surface area contributed by atoms with Crippen LogP contribution in [0.2, 0.25) is 0 Å². The first kappa shape index (κ1) is 11.8. The molecule has 1 heterocycles. The lowest BCUT2D eigenvalue weighted by Gasteiger charge is -2.15. The highest BCUT2D eigenvalue weighted by Crippen LogP contribution is 2.26. The molecule has 0 aliphatic rings. The van der Waals surface area contributed by atoms with Gasteiger partial charge in [-0.25, -0.2) is 5.10 Å². The number of nitrogens with two attached hydrogens (primary N) is 1. The highest BCUT2D eigenvalue weighted by atomic mass is 32.2. The van der Waals surface area contributed by atoms with Gasteiger partial charge >= 0.3 is 5.97 Å². The van der Waals surface area contributed by atoms with Crippen LogP contribution in [0.25, 0.3) is 0 Å². The lowest BCUT2D eigenvalue weighted by atomic mass is 10.1. The Labute approximate surface area is 92.0 Å². The van der Waals surface area contributed by atoms with Crippen molar-refractivity contribution in [1.82, 2.24) is 15.2 Å². The van der Waals surface area contributed by atoms with Crippen LogP contribution in [0.4, 0.5) is 5.95 Å². The Hall–Kier alpha value is -1.24. The first-order valence-corrected chi connectivity index (χ1v) is 5.35. The number of carbonyl (C=O) groups is 1. The highest BCUT2D eigenvalue weighted by Gasteiger charge is 2.25. The van der Waals surface area contributed by atoms with E-state index in [0.29, 0.717) is 5.16 Å². The van der Waals surface area contributed by atoms with Crippen molar-refractivity contribution in [2.75, 3.05) is 12.8 Å². The van der Waals surface area contributed by atoms with Gasteiger partial charge in [-0.2, -0.15) is 4.98 Å². The molecule has 84 valence electrons. The van der Waals surface area contributed by atoms with E-state index in [0.717, 1.165) is 0 Å². The standard InChI is InChI=1S/C8H14N4O2S/c1-4(2)5(6(13)14-3)15-8-10-7(9)11-12-8/h4-5H,1-3H3,(H3,9,10,11,12). The van der Waals surface area contributed by atoms with E-state index in [2.05, 4.69) is 15.2 Å². The molecule has 3 N–H and O–H groups in total. The van der Waals surface area contributed by atoms with Gasteiger partial charge in [0.2, 0.25) is 11.1 Å². The van der Waals surface area contributed by atoms with E-state index in [9.17, 15) is 4.79 Å². The quantitative estimate of drug-likeness (QED) is 0.583. The van der Waals surface area contributed by atoms with Crippen molar-refractivity contribution in [1.29, 1.82) is 0 Å². The molecule has 0 spiro atoms. The average Bonchev–Trinajstić information content (AvgIpc) is 2.59. The molecular weight excluding hydrogens is 216 g/mol. The van der Waals surface area contributed by atoms with Crippen molar-refractivity contribution < 1.29 is 9.53 Å². The number of nitrogens with zero attached hydrogens (tertiary/aromatic N) is 2. The van der Waals surface area contributed by atoms with Gasteiger partial charge in [0, 0.05) is 0 Å². The van der Waals surface area contributed by atoms with Crippen LogP contribution >= 0.6 is 11.8 Å². The minimum Gasteiger partial charge on any atom is -0.468 e. The number of anilines is 1. The monoisotopic (exact) mass is 230 g/mol. The predicted molar refractivity (Wildman–Crippen MR) is 57.3 cm³/mol. The Bertz CT molecular complexity index is 339. The van der Waals surface area contributed by atoms with Gasteiger partial charge in [-0.3, -0.25) is 4.79 Å². The molecule has 1 unspecified atom stereocenters. The van der Waals surface area contributed by atoms with Crippen molar-refractivity contribution in [2.45, 2.75) is 24.3 Å². The van der Waals surface area contributed by atoms with Crippen LogP contribution in [0.15, 0.2) is 5.16 Å². The zero-order valence-corrected chi connectivity index (χ0v) is 9.67. The molecule has 0 saturated heterocycles. The first-order chi connectivity index (χ1) is 7.04. The summed E-state index contributed by atoms with van der Waals surface area (Å²) in [4.78, 5) is 15.3. The van der Waals surface area contributed by atoms with Gasteiger partial charge in [0.25, 0.3) is 0 Å². The van der Waals surface area contributed by atoms with E-state index in [4.69, 9.17) is 10.5 Å². The summed E-state index contributed by atoms with van der Waals surface area (Å²) in [6.45, 7) is 3.87. The summed E-state index contributed by atoms with van der Waals surface area (Å²) in [5.74, 6) is 0.102. The number of aromatic nitrogens is 3. The largest absolute Gasteiger partial charge is 0.468 e. The third-order valence-corrected chi connectivity index (χ3v) is 3.14. The molecule has 0 amide bonds. The summed E-state index contributed by atoms with van der Waals surface area (Å²) in [5.41, 5.74) is 5.38.